The summed E-state index contributed by atoms with van der Waals surface area (Å²) >= 11 is 5.16. The molecule has 1 heterocycles. The first-order valence-electron chi connectivity index (χ1n) is 7.13. The lowest BCUT2D eigenvalue weighted by Gasteiger charge is -2.40. The van der Waals surface area contributed by atoms with E-state index >= 15 is 0 Å². The van der Waals surface area contributed by atoms with Crippen LogP contribution < -0.4 is 4.74 Å². The van der Waals surface area contributed by atoms with Crippen molar-refractivity contribution in [3.05, 3.63) is 29.3 Å². The molecule has 0 aliphatic carbocycles. The number of ether oxygens (including phenoxy) is 1. The molecule has 1 N–H and O–H groups in total. The van der Waals surface area contributed by atoms with Crippen molar-refractivity contribution in [3.63, 3.8) is 0 Å². The number of hydrogen-bond acceptors (Lipinski definition) is 3. The average Bonchev–Trinajstić information content (AvgIpc) is 2.42. The predicted octanol–water partition coefficient (Wildman–Crippen LogP) is 3.33. The zero-order chi connectivity index (χ0) is 17.2. The lowest BCUT2D eigenvalue weighted by molar-refractivity contribution is -0.145. The Kier molecular flexibility index (Phi) is 5.13. The molecule has 1 saturated heterocycles. The van der Waals surface area contributed by atoms with E-state index in [-0.39, 0.29) is 22.9 Å². The van der Waals surface area contributed by atoms with Gasteiger partial charge in [0, 0.05) is 12.1 Å². The van der Waals surface area contributed by atoms with Crippen LogP contribution in [-0.2, 0) is 11.0 Å². The van der Waals surface area contributed by atoms with Crippen molar-refractivity contribution < 1.29 is 27.8 Å². The maximum atomic E-state index is 13.2. The summed E-state index contributed by atoms with van der Waals surface area (Å²) in [7, 11) is 0. The second-order valence-corrected chi connectivity index (χ2v) is 5.59. The molecule has 4 nitrogen and oxygen atoms in total. The maximum Gasteiger partial charge on any atom is 0.419 e. The molecule has 126 valence electrons. The predicted molar refractivity (Wildman–Crippen MR) is 81.7 cm³/mol. The molecule has 0 radical (unpaired) electrons. The van der Waals surface area contributed by atoms with Crippen LogP contribution in [0.3, 0.4) is 0 Å². The van der Waals surface area contributed by atoms with Crippen molar-refractivity contribution in [3.8, 4) is 5.75 Å². The van der Waals surface area contributed by atoms with E-state index in [1.807, 2.05) is 0 Å². The minimum atomic E-state index is -4.57. The van der Waals surface area contributed by atoms with E-state index in [0.717, 1.165) is 6.07 Å². The molecule has 23 heavy (non-hydrogen) atoms. The number of alkyl halides is 3. The number of carbonyl (C=O) groups is 1. The Labute approximate surface area is 136 Å². The Bertz CT molecular complexity index is 618. The van der Waals surface area contributed by atoms with Gasteiger partial charge in [-0.05, 0) is 31.0 Å². The smallest absolute Gasteiger partial charge is 0.419 e. The van der Waals surface area contributed by atoms with Gasteiger partial charge in [-0.15, -0.1) is 0 Å². The summed E-state index contributed by atoms with van der Waals surface area (Å²) in [6, 6.07) is 2.81. The van der Waals surface area contributed by atoms with E-state index in [1.54, 1.807) is 6.92 Å². The Morgan fingerprint density at radius 3 is 2.65 bits per heavy atom. The van der Waals surface area contributed by atoms with Gasteiger partial charge in [0.25, 0.3) is 0 Å². The molecule has 1 aliphatic rings. The monoisotopic (exact) mass is 347 g/mol. The van der Waals surface area contributed by atoms with Gasteiger partial charge in [0.15, 0.2) is 0 Å². The molecule has 2 rings (SSSR count). The van der Waals surface area contributed by atoms with Gasteiger partial charge in [0.2, 0.25) is 0 Å². The largest absolute Gasteiger partial charge is 0.493 e. The highest BCUT2D eigenvalue weighted by atomic mass is 32.1. The van der Waals surface area contributed by atoms with Gasteiger partial charge in [-0.1, -0.05) is 19.1 Å². The SMILES string of the molecule is CCCOc1ccc(C(=S)N2CCC2C(=O)O)cc1C(F)(F)F. The zero-order valence-electron chi connectivity index (χ0n) is 12.4. The van der Waals surface area contributed by atoms with Crippen LogP contribution in [0.2, 0.25) is 0 Å². The Morgan fingerprint density at radius 1 is 1.48 bits per heavy atom. The highest BCUT2D eigenvalue weighted by molar-refractivity contribution is 7.80. The standard InChI is InChI=1S/C15H16F3NO3S/c1-2-7-22-12-4-3-9(8-10(12)15(16,17)18)13(23)19-6-5-11(19)14(20)21/h3-4,8,11H,2,5-7H2,1H3,(H,20,21). The Morgan fingerprint density at radius 2 is 2.17 bits per heavy atom. The fourth-order valence-corrected chi connectivity index (χ4v) is 2.62. The number of carboxylic acid groups (broad SMARTS) is 1. The van der Waals surface area contributed by atoms with Crippen LogP contribution in [0.25, 0.3) is 0 Å². The first-order chi connectivity index (χ1) is 10.8. The normalized spacial score (nSPS) is 17.6. The van der Waals surface area contributed by atoms with Crippen LogP contribution in [0.15, 0.2) is 18.2 Å². The third kappa shape index (κ3) is 3.74. The van der Waals surface area contributed by atoms with Gasteiger partial charge >= 0.3 is 12.1 Å². The number of aliphatic carboxylic acids is 1. The van der Waals surface area contributed by atoms with Crippen molar-refractivity contribution >= 4 is 23.2 Å². The number of rotatable bonds is 5. The van der Waals surface area contributed by atoms with Gasteiger partial charge in [-0.3, -0.25) is 0 Å². The van der Waals surface area contributed by atoms with Crippen molar-refractivity contribution in [2.45, 2.75) is 32.0 Å². The molecule has 0 amide bonds. The number of nitrogens with zero attached hydrogens (tertiary/aromatic N) is 1. The molecule has 0 aromatic heterocycles. The fourth-order valence-electron chi connectivity index (χ4n) is 2.28. The average molecular weight is 347 g/mol. The quantitative estimate of drug-likeness (QED) is 0.828. The number of halogens is 3. The number of carboxylic acids is 1. The maximum absolute atomic E-state index is 13.2. The molecule has 1 aromatic carbocycles. The summed E-state index contributed by atoms with van der Waals surface area (Å²) in [5.74, 6) is -1.28. The van der Waals surface area contributed by atoms with E-state index in [4.69, 9.17) is 22.1 Å². The second kappa shape index (κ2) is 6.74. The third-order valence-electron chi connectivity index (χ3n) is 3.56. The fraction of sp³-hybridized carbons (Fsp3) is 0.467. The van der Waals surface area contributed by atoms with Gasteiger partial charge in [-0.25, -0.2) is 4.79 Å². The topological polar surface area (TPSA) is 49.8 Å². The third-order valence-corrected chi connectivity index (χ3v) is 4.03. The van der Waals surface area contributed by atoms with Gasteiger partial charge in [-0.2, -0.15) is 13.2 Å². The van der Waals surface area contributed by atoms with Crippen LogP contribution in [0.5, 0.6) is 5.75 Å². The van der Waals surface area contributed by atoms with Crippen LogP contribution in [0, 0.1) is 0 Å². The van der Waals surface area contributed by atoms with E-state index in [9.17, 15) is 18.0 Å². The molecule has 1 aliphatic heterocycles. The summed E-state index contributed by atoms with van der Waals surface area (Å²) in [4.78, 5) is 12.5. The van der Waals surface area contributed by atoms with E-state index in [1.165, 1.54) is 17.0 Å². The van der Waals surface area contributed by atoms with Crippen molar-refractivity contribution in [2.75, 3.05) is 13.2 Å². The summed E-state index contributed by atoms with van der Waals surface area (Å²) < 4.78 is 44.7. The van der Waals surface area contributed by atoms with Gasteiger partial charge < -0.3 is 14.7 Å². The molecule has 0 bridgehead atoms. The molecular weight excluding hydrogens is 331 g/mol. The molecule has 1 fully saturated rings. The Hall–Kier alpha value is -1.83. The molecule has 0 saturated carbocycles. The van der Waals surface area contributed by atoms with Gasteiger partial charge in [0.05, 0.1) is 12.2 Å². The number of likely N-dealkylation sites (tertiary alicyclic amines) is 1. The van der Waals surface area contributed by atoms with E-state index in [2.05, 4.69) is 0 Å². The highest BCUT2D eigenvalue weighted by Gasteiger charge is 2.38. The van der Waals surface area contributed by atoms with Crippen molar-refractivity contribution in [2.24, 2.45) is 0 Å². The van der Waals surface area contributed by atoms with Crippen LogP contribution >= 0.6 is 12.2 Å². The molecule has 1 unspecified atom stereocenters. The summed E-state index contributed by atoms with van der Waals surface area (Å²) in [6.07, 6.45) is -3.55. The molecule has 1 atom stereocenters. The molecular formula is C15H16F3NO3S. The van der Waals surface area contributed by atoms with Crippen LogP contribution in [0.1, 0.15) is 30.9 Å². The number of benzene rings is 1. The second-order valence-electron chi connectivity index (χ2n) is 5.20. The highest BCUT2D eigenvalue weighted by Crippen LogP contribution is 2.37. The van der Waals surface area contributed by atoms with Crippen molar-refractivity contribution in [1.82, 2.24) is 4.90 Å². The molecule has 1 aromatic rings. The van der Waals surface area contributed by atoms with Gasteiger partial charge in [0.1, 0.15) is 16.8 Å². The van der Waals surface area contributed by atoms with E-state index in [0.29, 0.717) is 19.4 Å². The zero-order valence-corrected chi connectivity index (χ0v) is 13.2. The minimum absolute atomic E-state index is 0.108. The lowest BCUT2D eigenvalue weighted by atomic mass is 10.0. The lowest BCUT2D eigenvalue weighted by Crippen LogP contribution is -2.54. The summed E-state index contributed by atoms with van der Waals surface area (Å²) in [5, 5.41) is 9.02. The summed E-state index contributed by atoms with van der Waals surface area (Å²) in [5.41, 5.74) is -0.736. The number of hydrogen-bond donors (Lipinski definition) is 1. The molecule has 8 heteroatoms. The molecule has 0 spiro atoms. The minimum Gasteiger partial charge on any atom is -0.493 e. The van der Waals surface area contributed by atoms with Crippen LogP contribution in [-0.4, -0.2) is 40.2 Å². The number of thiocarbonyl (C=S) groups is 1. The van der Waals surface area contributed by atoms with Crippen LogP contribution in [0.4, 0.5) is 13.2 Å². The van der Waals surface area contributed by atoms with E-state index < -0.39 is 23.8 Å². The summed E-state index contributed by atoms with van der Waals surface area (Å²) in [6.45, 7) is 2.40. The first-order valence-corrected chi connectivity index (χ1v) is 7.54. The first kappa shape index (κ1) is 17.5. The Balaban J connectivity index is 2.30. The van der Waals surface area contributed by atoms with Crippen molar-refractivity contribution in [1.29, 1.82) is 0 Å².